The largest absolute Gasteiger partial charge is 0.377 e. The quantitative estimate of drug-likeness (QED) is 0.819. The maximum Gasteiger partial charge on any atom is 0.0629 e. The number of thioether (sulfide) groups is 1. The van der Waals surface area contributed by atoms with E-state index in [9.17, 15) is 0 Å². The first kappa shape index (κ1) is 14.0. The van der Waals surface area contributed by atoms with Crippen LogP contribution in [0, 0.1) is 0 Å². The van der Waals surface area contributed by atoms with Crippen molar-refractivity contribution in [3.05, 3.63) is 28.7 Å². The monoisotopic (exact) mass is 303 g/mol. The summed E-state index contributed by atoms with van der Waals surface area (Å²) in [5.74, 6) is 0.870. The predicted octanol–water partition coefficient (Wildman–Crippen LogP) is 3.29. The first-order chi connectivity index (χ1) is 7.59. The van der Waals surface area contributed by atoms with Gasteiger partial charge in [0.05, 0.1) is 12.7 Å². The summed E-state index contributed by atoms with van der Waals surface area (Å²) >= 11 is 5.27. The fourth-order valence-corrected chi connectivity index (χ4v) is 2.62. The van der Waals surface area contributed by atoms with Gasteiger partial charge < -0.3 is 10.5 Å². The fourth-order valence-electron chi connectivity index (χ4n) is 1.12. The molecule has 0 heterocycles. The second-order valence-corrected chi connectivity index (χ2v) is 5.80. The van der Waals surface area contributed by atoms with E-state index in [1.54, 1.807) is 11.8 Å². The molecule has 2 N–H and O–H groups in total. The standard InChI is InChI=1S/C12H18BrNOS/c1-9(2)15-7-10(14)8-16-12-6-4-3-5-11(12)13/h3-6,9-10H,7-8,14H2,1-2H3. The Morgan fingerprint density at radius 3 is 2.69 bits per heavy atom. The van der Waals surface area contributed by atoms with Crippen LogP contribution in [0.5, 0.6) is 0 Å². The molecule has 1 unspecified atom stereocenters. The highest BCUT2D eigenvalue weighted by atomic mass is 79.9. The van der Waals surface area contributed by atoms with Gasteiger partial charge in [0.25, 0.3) is 0 Å². The van der Waals surface area contributed by atoms with Gasteiger partial charge in [0.2, 0.25) is 0 Å². The Hall–Kier alpha value is -0.0300. The van der Waals surface area contributed by atoms with E-state index in [0.717, 1.165) is 10.2 Å². The van der Waals surface area contributed by atoms with Crippen molar-refractivity contribution in [3.63, 3.8) is 0 Å². The van der Waals surface area contributed by atoms with Gasteiger partial charge in [-0.15, -0.1) is 11.8 Å². The highest BCUT2D eigenvalue weighted by molar-refractivity contribution is 9.10. The molecule has 0 bridgehead atoms. The summed E-state index contributed by atoms with van der Waals surface area (Å²) in [6, 6.07) is 8.25. The van der Waals surface area contributed by atoms with E-state index in [2.05, 4.69) is 22.0 Å². The van der Waals surface area contributed by atoms with Crippen LogP contribution in [0.1, 0.15) is 13.8 Å². The Balaban J connectivity index is 2.31. The number of ether oxygens (including phenoxy) is 1. The fraction of sp³-hybridized carbons (Fsp3) is 0.500. The lowest BCUT2D eigenvalue weighted by atomic mass is 10.4. The van der Waals surface area contributed by atoms with Crippen LogP contribution >= 0.6 is 27.7 Å². The van der Waals surface area contributed by atoms with Crippen molar-refractivity contribution in [2.24, 2.45) is 5.73 Å². The average Bonchev–Trinajstić information content (AvgIpc) is 2.25. The molecule has 0 aliphatic rings. The van der Waals surface area contributed by atoms with Crippen molar-refractivity contribution in [2.45, 2.75) is 30.9 Å². The molecule has 1 aromatic rings. The molecule has 0 saturated heterocycles. The Bertz CT molecular complexity index is 320. The summed E-state index contributed by atoms with van der Waals surface area (Å²) in [6.07, 6.45) is 0.250. The molecular formula is C12H18BrNOS. The third kappa shape index (κ3) is 5.34. The molecule has 1 rings (SSSR count). The Morgan fingerprint density at radius 2 is 2.06 bits per heavy atom. The minimum atomic E-state index is 0.0829. The highest BCUT2D eigenvalue weighted by Gasteiger charge is 2.06. The van der Waals surface area contributed by atoms with Gasteiger partial charge in [-0.25, -0.2) is 0 Å². The van der Waals surface area contributed by atoms with Gasteiger partial charge in [0.1, 0.15) is 0 Å². The number of hydrogen-bond donors (Lipinski definition) is 1. The number of halogens is 1. The van der Waals surface area contributed by atoms with E-state index in [-0.39, 0.29) is 12.1 Å². The molecule has 2 nitrogen and oxygen atoms in total. The molecule has 0 amide bonds. The summed E-state index contributed by atoms with van der Waals surface area (Å²) in [6.45, 7) is 4.66. The van der Waals surface area contributed by atoms with Gasteiger partial charge in [-0.2, -0.15) is 0 Å². The Labute approximate surface area is 110 Å². The molecule has 0 aromatic heterocycles. The smallest absolute Gasteiger partial charge is 0.0629 e. The second kappa shape index (κ2) is 7.33. The van der Waals surface area contributed by atoms with Crippen molar-refractivity contribution in [1.82, 2.24) is 0 Å². The third-order valence-electron chi connectivity index (χ3n) is 1.93. The summed E-state index contributed by atoms with van der Waals surface area (Å²) < 4.78 is 6.59. The molecule has 0 radical (unpaired) electrons. The number of rotatable bonds is 6. The summed E-state index contributed by atoms with van der Waals surface area (Å²) in [7, 11) is 0. The van der Waals surface area contributed by atoms with Gasteiger partial charge in [-0.05, 0) is 41.9 Å². The minimum absolute atomic E-state index is 0.0829. The van der Waals surface area contributed by atoms with E-state index >= 15 is 0 Å². The minimum Gasteiger partial charge on any atom is -0.377 e. The van der Waals surface area contributed by atoms with Crippen molar-refractivity contribution < 1.29 is 4.74 Å². The topological polar surface area (TPSA) is 35.2 Å². The maximum absolute atomic E-state index is 5.96. The average molecular weight is 304 g/mol. The lowest BCUT2D eigenvalue weighted by Gasteiger charge is -2.14. The van der Waals surface area contributed by atoms with E-state index in [0.29, 0.717) is 6.61 Å². The van der Waals surface area contributed by atoms with Crippen LogP contribution < -0.4 is 5.73 Å². The summed E-state index contributed by atoms with van der Waals surface area (Å²) in [5, 5.41) is 0. The number of benzene rings is 1. The lowest BCUT2D eigenvalue weighted by molar-refractivity contribution is 0.0720. The van der Waals surface area contributed by atoms with E-state index in [1.165, 1.54) is 4.90 Å². The molecule has 0 aliphatic heterocycles. The molecule has 90 valence electrons. The zero-order valence-electron chi connectivity index (χ0n) is 9.65. The number of nitrogens with two attached hydrogens (primary N) is 1. The van der Waals surface area contributed by atoms with Crippen LogP contribution in [-0.2, 0) is 4.74 Å². The summed E-state index contributed by atoms with van der Waals surface area (Å²) in [5.41, 5.74) is 5.96. The molecule has 0 spiro atoms. The van der Waals surface area contributed by atoms with E-state index < -0.39 is 0 Å². The molecule has 0 fully saturated rings. The molecule has 1 aromatic carbocycles. The summed E-state index contributed by atoms with van der Waals surface area (Å²) in [4.78, 5) is 1.22. The first-order valence-corrected chi connectivity index (χ1v) is 7.12. The molecule has 1 atom stereocenters. The second-order valence-electron chi connectivity index (χ2n) is 3.88. The zero-order chi connectivity index (χ0) is 12.0. The van der Waals surface area contributed by atoms with Crippen LogP contribution in [0.25, 0.3) is 0 Å². The molecule has 4 heteroatoms. The van der Waals surface area contributed by atoms with Crippen LogP contribution in [0.2, 0.25) is 0 Å². The van der Waals surface area contributed by atoms with Gasteiger partial charge in [0, 0.05) is 21.2 Å². The molecule has 16 heavy (non-hydrogen) atoms. The zero-order valence-corrected chi connectivity index (χ0v) is 12.1. The van der Waals surface area contributed by atoms with Crippen molar-refractivity contribution >= 4 is 27.7 Å². The SMILES string of the molecule is CC(C)OCC(N)CSc1ccccc1Br. The van der Waals surface area contributed by atoms with Crippen LogP contribution in [0.3, 0.4) is 0 Å². The normalized spacial score (nSPS) is 13.1. The molecule has 0 aliphatic carbocycles. The van der Waals surface area contributed by atoms with E-state index in [1.807, 2.05) is 32.0 Å². The maximum atomic E-state index is 5.96. The third-order valence-corrected chi connectivity index (χ3v) is 4.15. The molecular weight excluding hydrogens is 286 g/mol. The van der Waals surface area contributed by atoms with Gasteiger partial charge in [-0.3, -0.25) is 0 Å². The Morgan fingerprint density at radius 1 is 1.38 bits per heavy atom. The van der Waals surface area contributed by atoms with Gasteiger partial charge in [0.15, 0.2) is 0 Å². The highest BCUT2D eigenvalue weighted by Crippen LogP contribution is 2.27. The Kier molecular flexibility index (Phi) is 6.43. The van der Waals surface area contributed by atoms with Crippen LogP contribution in [-0.4, -0.2) is 24.5 Å². The lowest BCUT2D eigenvalue weighted by Crippen LogP contribution is -2.30. The number of hydrogen-bond acceptors (Lipinski definition) is 3. The first-order valence-electron chi connectivity index (χ1n) is 5.34. The van der Waals surface area contributed by atoms with Crippen LogP contribution in [0.15, 0.2) is 33.6 Å². The van der Waals surface area contributed by atoms with Gasteiger partial charge >= 0.3 is 0 Å². The molecule has 0 saturated carbocycles. The van der Waals surface area contributed by atoms with Crippen molar-refractivity contribution in [2.75, 3.05) is 12.4 Å². The van der Waals surface area contributed by atoms with E-state index in [4.69, 9.17) is 10.5 Å². The predicted molar refractivity (Wildman–Crippen MR) is 73.9 cm³/mol. The van der Waals surface area contributed by atoms with Gasteiger partial charge in [-0.1, -0.05) is 12.1 Å². The van der Waals surface area contributed by atoms with Crippen LogP contribution in [0.4, 0.5) is 0 Å². The van der Waals surface area contributed by atoms with Crippen molar-refractivity contribution in [3.8, 4) is 0 Å². The van der Waals surface area contributed by atoms with Crippen molar-refractivity contribution in [1.29, 1.82) is 0 Å².